The van der Waals surface area contributed by atoms with Crippen LogP contribution in [0.2, 0.25) is 0 Å². The van der Waals surface area contributed by atoms with Crippen LogP contribution in [-0.2, 0) is 11.2 Å². The first-order chi connectivity index (χ1) is 6.77. The molecular weight excluding hydrogens is 180 g/mol. The van der Waals surface area contributed by atoms with Crippen molar-refractivity contribution in [3.63, 3.8) is 0 Å². The predicted octanol–water partition coefficient (Wildman–Crippen LogP) is -0.0778. The van der Waals surface area contributed by atoms with Crippen LogP contribution in [0.15, 0.2) is 30.6 Å². The lowest BCUT2D eigenvalue weighted by atomic mass is 10.1. The van der Waals surface area contributed by atoms with Gasteiger partial charge in [0.15, 0.2) is 0 Å². The number of aromatic nitrogens is 2. The number of rotatable bonds is 2. The van der Waals surface area contributed by atoms with Crippen molar-refractivity contribution in [2.24, 2.45) is 0 Å². The predicted molar refractivity (Wildman–Crippen MR) is 48.2 cm³/mol. The molecule has 4 nitrogen and oxygen atoms in total. The molecule has 0 amide bonds. The van der Waals surface area contributed by atoms with E-state index in [4.69, 9.17) is 0 Å². The van der Waals surface area contributed by atoms with E-state index in [0.717, 1.165) is 10.9 Å². The summed E-state index contributed by atoms with van der Waals surface area (Å²) in [4.78, 5) is 18.5. The number of hydrogen-bond acceptors (Lipinski definition) is 4. The Bertz CT molecular complexity index is 477. The molecule has 2 heterocycles. The minimum absolute atomic E-state index is 0.178. The Morgan fingerprint density at radius 1 is 1.29 bits per heavy atom. The molecule has 70 valence electrons. The minimum Gasteiger partial charge on any atom is -0.550 e. The van der Waals surface area contributed by atoms with Gasteiger partial charge in [-0.25, -0.2) is 0 Å². The normalized spacial score (nSPS) is 10.3. The van der Waals surface area contributed by atoms with E-state index in [0.29, 0.717) is 5.69 Å². The molecule has 0 aliphatic rings. The maximum Gasteiger partial charge on any atom is 0.0735 e. The average molecular weight is 187 g/mol. The van der Waals surface area contributed by atoms with Gasteiger partial charge in [0.1, 0.15) is 0 Å². The van der Waals surface area contributed by atoms with E-state index in [1.54, 1.807) is 30.6 Å². The monoisotopic (exact) mass is 187 g/mol. The Morgan fingerprint density at radius 2 is 2.14 bits per heavy atom. The summed E-state index contributed by atoms with van der Waals surface area (Å²) >= 11 is 0. The second-order valence-electron chi connectivity index (χ2n) is 2.88. The Morgan fingerprint density at radius 3 is 2.93 bits per heavy atom. The fourth-order valence-corrected chi connectivity index (χ4v) is 1.34. The molecule has 0 aromatic carbocycles. The van der Waals surface area contributed by atoms with Crippen molar-refractivity contribution in [1.29, 1.82) is 0 Å². The van der Waals surface area contributed by atoms with Crippen LogP contribution in [0, 0.1) is 0 Å². The Hall–Kier alpha value is -1.97. The summed E-state index contributed by atoms with van der Waals surface area (Å²) < 4.78 is 0. The van der Waals surface area contributed by atoms with Crippen LogP contribution in [0.5, 0.6) is 0 Å². The lowest BCUT2D eigenvalue weighted by Crippen LogP contribution is -2.24. The molecular formula is C10H7N2O2-. The minimum atomic E-state index is -1.13. The highest BCUT2D eigenvalue weighted by atomic mass is 16.4. The Labute approximate surface area is 80.2 Å². The molecule has 0 fully saturated rings. The van der Waals surface area contributed by atoms with Crippen LogP contribution < -0.4 is 5.11 Å². The maximum atomic E-state index is 10.4. The summed E-state index contributed by atoms with van der Waals surface area (Å²) in [5.74, 6) is -1.13. The maximum absolute atomic E-state index is 10.4. The lowest BCUT2D eigenvalue weighted by molar-refractivity contribution is -0.304. The summed E-state index contributed by atoms with van der Waals surface area (Å²) in [5, 5.41) is 11.2. The van der Waals surface area contributed by atoms with Gasteiger partial charge in [-0.05, 0) is 18.2 Å². The average Bonchev–Trinajstić information content (AvgIpc) is 2.18. The fourth-order valence-electron chi connectivity index (χ4n) is 1.34. The molecule has 0 radical (unpaired) electrons. The van der Waals surface area contributed by atoms with E-state index in [-0.39, 0.29) is 6.42 Å². The zero-order valence-electron chi connectivity index (χ0n) is 7.30. The summed E-state index contributed by atoms with van der Waals surface area (Å²) in [6, 6.07) is 5.30. The second-order valence-corrected chi connectivity index (χ2v) is 2.88. The molecule has 0 bridgehead atoms. The molecule has 0 atom stereocenters. The molecule has 0 aliphatic carbocycles. The summed E-state index contributed by atoms with van der Waals surface area (Å²) in [6.07, 6.45) is 3.03. The zero-order valence-corrected chi connectivity index (χ0v) is 7.30. The number of carboxylic acids is 1. The summed E-state index contributed by atoms with van der Waals surface area (Å²) in [7, 11) is 0. The third kappa shape index (κ3) is 1.54. The van der Waals surface area contributed by atoms with Gasteiger partial charge in [-0.1, -0.05) is 0 Å². The van der Waals surface area contributed by atoms with Crippen LogP contribution in [0.4, 0.5) is 0 Å². The first-order valence-corrected chi connectivity index (χ1v) is 4.16. The van der Waals surface area contributed by atoms with Gasteiger partial charge in [-0.2, -0.15) is 0 Å². The standard InChI is InChI=1S/C10H8N2O2/c13-10(14)6-9-7-2-1-4-11-8(7)3-5-12-9/h1-5H,6H2,(H,13,14)/p-1. The van der Waals surface area contributed by atoms with Gasteiger partial charge in [0.05, 0.1) is 11.2 Å². The number of carboxylic acid groups (broad SMARTS) is 1. The molecule has 4 heteroatoms. The molecule has 14 heavy (non-hydrogen) atoms. The highest BCUT2D eigenvalue weighted by Gasteiger charge is 2.01. The summed E-state index contributed by atoms with van der Waals surface area (Å²) in [6.45, 7) is 0. The van der Waals surface area contributed by atoms with Crippen molar-refractivity contribution in [3.8, 4) is 0 Å². The van der Waals surface area contributed by atoms with Gasteiger partial charge in [0.2, 0.25) is 0 Å². The number of carbonyl (C=O) groups is 1. The van der Waals surface area contributed by atoms with Gasteiger partial charge >= 0.3 is 0 Å². The number of pyridine rings is 2. The second kappa shape index (κ2) is 3.41. The van der Waals surface area contributed by atoms with Gasteiger partial charge in [0, 0.05) is 30.2 Å². The molecule has 0 spiro atoms. The lowest BCUT2D eigenvalue weighted by Gasteiger charge is -2.04. The smallest absolute Gasteiger partial charge is 0.0735 e. The quantitative estimate of drug-likeness (QED) is 0.659. The zero-order chi connectivity index (χ0) is 9.97. The number of nitrogens with zero attached hydrogens (tertiary/aromatic N) is 2. The number of carbonyl (C=O) groups excluding carboxylic acids is 1. The van der Waals surface area contributed by atoms with Crippen LogP contribution in [0.1, 0.15) is 5.69 Å². The highest BCUT2D eigenvalue weighted by molar-refractivity contribution is 5.83. The molecule has 0 saturated heterocycles. The van der Waals surface area contributed by atoms with Crippen LogP contribution >= 0.6 is 0 Å². The van der Waals surface area contributed by atoms with Gasteiger partial charge in [0.25, 0.3) is 0 Å². The first kappa shape index (κ1) is 8.62. The largest absolute Gasteiger partial charge is 0.550 e. The van der Waals surface area contributed by atoms with Crippen molar-refractivity contribution in [2.45, 2.75) is 6.42 Å². The van der Waals surface area contributed by atoms with Gasteiger partial charge < -0.3 is 9.90 Å². The fraction of sp³-hybridized carbons (Fsp3) is 0.100. The van der Waals surface area contributed by atoms with Crippen LogP contribution in [-0.4, -0.2) is 15.9 Å². The van der Waals surface area contributed by atoms with Gasteiger partial charge in [-0.15, -0.1) is 0 Å². The van der Waals surface area contributed by atoms with E-state index in [2.05, 4.69) is 9.97 Å². The molecule has 2 aromatic heterocycles. The third-order valence-electron chi connectivity index (χ3n) is 1.92. The van der Waals surface area contributed by atoms with E-state index in [9.17, 15) is 9.90 Å². The number of aliphatic carboxylic acids is 1. The Kier molecular flexibility index (Phi) is 2.10. The molecule has 0 saturated carbocycles. The van der Waals surface area contributed by atoms with Crippen LogP contribution in [0.3, 0.4) is 0 Å². The van der Waals surface area contributed by atoms with Crippen molar-refractivity contribution in [1.82, 2.24) is 9.97 Å². The third-order valence-corrected chi connectivity index (χ3v) is 1.92. The number of fused-ring (bicyclic) bond motifs is 1. The highest BCUT2D eigenvalue weighted by Crippen LogP contribution is 2.13. The van der Waals surface area contributed by atoms with Crippen molar-refractivity contribution < 1.29 is 9.90 Å². The molecule has 2 rings (SSSR count). The van der Waals surface area contributed by atoms with Crippen molar-refractivity contribution in [3.05, 3.63) is 36.3 Å². The molecule has 2 aromatic rings. The van der Waals surface area contributed by atoms with E-state index in [1.165, 1.54) is 0 Å². The first-order valence-electron chi connectivity index (χ1n) is 4.16. The SMILES string of the molecule is O=C([O-])Cc1nccc2ncccc12. The Balaban J connectivity index is 2.59. The van der Waals surface area contributed by atoms with E-state index in [1.807, 2.05) is 0 Å². The van der Waals surface area contributed by atoms with Crippen molar-refractivity contribution in [2.75, 3.05) is 0 Å². The van der Waals surface area contributed by atoms with Gasteiger partial charge in [-0.3, -0.25) is 9.97 Å². The molecule has 0 unspecified atom stereocenters. The van der Waals surface area contributed by atoms with E-state index < -0.39 is 5.97 Å². The van der Waals surface area contributed by atoms with Crippen molar-refractivity contribution >= 4 is 16.9 Å². The number of hydrogen-bond donors (Lipinski definition) is 0. The van der Waals surface area contributed by atoms with E-state index >= 15 is 0 Å². The molecule has 0 aliphatic heterocycles. The summed E-state index contributed by atoms with van der Waals surface area (Å²) in [5.41, 5.74) is 1.24. The topological polar surface area (TPSA) is 65.9 Å². The molecule has 0 N–H and O–H groups in total. The van der Waals surface area contributed by atoms with Crippen LogP contribution in [0.25, 0.3) is 10.9 Å².